The van der Waals surface area contributed by atoms with Gasteiger partial charge in [-0.25, -0.2) is 4.79 Å². The highest BCUT2D eigenvalue weighted by Gasteiger charge is 2.34. The van der Waals surface area contributed by atoms with Crippen LogP contribution in [0.5, 0.6) is 0 Å². The Bertz CT molecular complexity index is 970. The summed E-state index contributed by atoms with van der Waals surface area (Å²) in [6, 6.07) is 12.3. The van der Waals surface area contributed by atoms with Gasteiger partial charge in [-0.2, -0.15) is 0 Å². The summed E-state index contributed by atoms with van der Waals surface area (Å²) in [6.45, 7) is 8.33. The first kappa shape index (κ1) is 22.9. The molecular weight excluding hydrogens is 416 g/mol. The quantitative estimate of drug-likeness (QED) is 0.573. The Morgan fingerprint density at radius 2 is 1.81 bits per heavy atom. The van der Waals surface area contributed by atoms with Gasteiger partial charge in [-0.1, -0.05) is 29.8 Å². The van der Waals surface area contributed by atoms with Crippen LogP contribution in [0, 0.1) is 5.92 Å². The number of halogens is 1. The molecule has 1 saturated heterocycles. The molecule has 2 unspecified atom stereocenters. The molecule has 31 heavy (non-hydrogen) atoms. The number of piperidine rings is 1. The van der Waals surface area contributed by atoms with Crippen LogP contribution < -0.4 is 10.2 Å². The number of ether oxygens (including phenoxy) is 1. The molecule has 2 aromatic carbocycles. The molecule has 166 valence electrons. The van der Waals surface area contributed by atoms with Crippen LogP contribution in [0.3, 0.4) is 0 Å². The van der Waals surface area contributed by atoms with Crippen LogP contribution >= 0.6 is 11.6 Å². The number of nitrogens with zero attached hydrogens (tertiary/aromatic N) is 1. The lowest BCUT2D eigenvalue weighted by molar-refractivity contribution is -0.161. The molecule has 2 atom stereocenters. The molecule has 3 rings (SSSR count). The lowest BCUT2D eigenvalue weighted by atomic mass is 9.90. The van der Waals surface area contributed by atoms with Crippen molar-refractivity contribution in [3.8, 4) is 0 Å². The van der Waals surface area contributed by atoms with Crippen molar-refractivity contribution in [3.05, 3.63) is 53.1 Å². The number of nitrogens with one attached hydrogen (secondary N) is 1. The van der Waals surface area contributed by atoms with Gasteiger partial charge in [-0.3, -0.25) is 4.79 Å². The van der Waals surface area contributed by atoms with Crippen molar-refractivity contribution < 1.29 is 19.4 Å². The number of esters is 1. The van der Waals surface area contributed by atoms with Gasteiger partial charge in [0.15, 0.2) is 0 Å². The topological polar surface area (TPSA) is 78.9 Å². The number of carboxylic acids is 1. The molecule has 0 amide bonds. The number of carboxylic acid groups (broad SMARTS) is 1. The van der Waals surface area contributed by atoms with E-state index < -0.39 is 11.6 Å². The SMILES string of the molecule is CC1CC(C(=O)OC(C)(C)C)CCN1c1c(Cl)cccc1Nc1ccccc1C(=O)O. The lowest BCUT2D eigenvalue weighted by Crippen LogP contribution is -2.44. The minimum Gasteiger partial charge on any atom is -0.478 e. The highest BCUT2D eigenvalue weighted by molar-refractivity contribution is 6.34. The Morgan fingerprint density at radius 1 is 1.13 bits per heavy atom. The highest BCUT2D eigenvalue weighted by atomic mass is 35.5. The van der Waals surface area contributed by atoms with Gasteiger partial charge in [-0.05, 0) is 64.8 Å². The molecular formula is C24H29ClN2O4. The summed E-state index contributed by atoms with van der Waals surface area (Å²) in [5, 5.41) is 13.3. The third-order valence-electron chi connectivity index (χ3n) is 5.32. The fraction of sp³-hybridized carbons (Fsp3) is 0.417. The van der Waals surface area contributed by atoms with Gasteiger partial charge < -0.3 is 20.1 Å². The number of carbonyl (C=O) groups is 2. The van der Waals surface area contributed by atoms with E-state index in [4.69, 9.17) is 16.3 Å². The van der Waals surface area contributed by atoms with Crippen LogP contribution in [0.4, 0.5) is 17.1 Å². The minimum atomic E-state index is -1.00. The molecule has 7 heteroatoms. The number of benzene rings is 2. The molecule has 6 nitrogen and oxygen atoms in total. The van der Waals surface area contributed by atoms with E-state index in [9.17, 15) is 14.7 Å². The molecule has 0 aromatic heterocycles. The summed E-state index contributed by atoms with van der Waals surface area (Å²) in [4.78, 5) is 26.3. The molecule has 0 aliphatic carbocycles. The van der Waals surface area contributed by atoms with Crippen molar-refractivity contribution in [1.29, 1.82) is 0 Å². The van der Waals surface area contributed by atoms with Crippen molar-refractivity contribution in [2.75, 3.05) is 16.8 Å². The second-order valence-electron chi connectivity index (χ2n) is 8.91. The summed E-state index contributed by atoms with van der Waals surface area (Å²) in [7, 11) is 0. The average molecular weight is 445 g/mol. The second-order valence-corrected chi connectivity index (χ2v) is 9.32. The zero-order valence-corrected chi connectivity index (χ0v) is 19.1. The number of anilines is 3. The van der Waals surface area contributed by atoms with Crippen LogP contribution in [-0.4, -0.2) is 35.2 Å². The van der Waals surface area contributed by atoms with E-state index >= 15 is 0 Å². The van der Waals surface area contributed by atoms with Crippen molar-refractivity contribution in [2.45, 2.75) is 52.2 Å². The Hall–Kier alpha value is -2.73. The summed E-state index contributed by atoms with van der Waals surface area (Å²) in [5.41, 5.74) is 1.71. The number of hydrogen-bond donors (Lipinski definition) is 2. The number of hydrogen-bond acceptors (Lipinski definition) is 5. The van der Waals surface area contributed by atoms with Gasteiger partial charge in [0.05, 0.1) is 33.6 Å². The molecule has 1 aliphatic rings. The summed E-state index contributed by atoms with van der Waals surface area (Å²) in [6.07, 6.45) is 1.32. The van der Waals surface area contributed by atoms with E-state index in [0.29, 0.717) is 30.1 Å². The molecule has 0 radical (unpaired) electrons. The number of rotatable bonds is 5. The molecule has 0 saturated carbocycles. The second kappa shape index (κ2) is 9.18. The Balaban J connectivity index is 1.85. The maximum absolute atomic E-state index is 12.5. The Labute approximate surface area is 188 Å². The van der Waals surface area contributed by atoms with Gasteiger partial charge >= 0.3 is 11.9 Å². The van der Waals surface area contributed by atoms with Crippen LogP contribution in [0.1, 0.15) is 50.9 Å². The number of para-hydroxylation sites is 2. The van der Waals surface area contributed by atoms with Crippen molar-refractivity contribution in [3.63, 3.8) is 0 Å². The Kier molecular flexibility index (Phi) is 6.80. The monoisotopic (exact) mass is 444 g/mol. The van der Waals surface area contributed by atoms with E-state index in [2.05, 4.69) is 17.1 Å². The van der Waals surface area contributed by atoms with Crippen LogP contribution in [0.2, 0.25) is 5.02 Å². The van der Waals surface area contributed by atoms with E-state index in [1.807, 2.05) is 39.0 Å². The smallest absolute Gasteiger partial charge is 0.337 e. The van der Waals surface area contributed by atoms with E-state index in [0.717, 1.165) is 11.4 Å². The number of aromatic carboxylic acids is 1. The molecule has 1 heterocycles. The molecule has 2 aromatic rings. The average Bonchev–Trinajstić information content (AvgIpc) is 2.68. The predicted molar refractivity (Wildman–Crippen MR) is 124 cm³/mol. The van der Waals surface area contributed by atoms with Gasteiger partial charge in [0.25, 0.3) is 0 Å². The lowest BCUT2D eigenvalue weighted by Gasteiger charge is -2.40. The number of carbonyl (C=O) groups excluding carboxylic acids is 1. The molecule has 1 aliphatic heterocycles. The molecule has 2 N–H and O–H groups in total. The summed E-state index contributed by atoms with van der Waals surface area (Å²) in [5.74, 6) is -1.32. The standard InChI is InChI=1S/C24H29ClN2O4/c1-15-14-16(23(30)31-24(2,3)4)12-13-27(15)21-18(25)9-7-11-20(21)26-19-10-6-5-8-17(19)22(28)29/h5-11,15-16,26H,12-14H2,1-4H3,(H,28,29). The third-order valence-corrected chi connectivity index (χ3v) is 5.62. The minimum absolute atomic E-state index is 0.0569. The van der Waals surface area contributed by atoms with E-state index in [-0.39, 0.29) is 23.5 Å². The largest absolute Gasteiger partial charge is 0.478 e. The maximum atomic E-state index is 12.5. The first-order valence-electron chi connectivity index (χ1n) is 10.4. The van der Waals surface area contributed by atoms with E-state index in [1.54, 1.807) is 24.3 Å². The first-order chi connectivity index (χ1) is 14.6. The van der Waals surface area contributed by atoms with E-state index in [1.165, 1.54) is 0 Å². The van der Waals surface area contributed by atoms with Crippen LogP contribution in [-0.2, 0) is 9.53 Å². The van der Waals surface area contributed by atoms with Gasteiger partial charge in [0.2, 0.25) is 0 Å². The van der Waals surface area contributed by atoms with Crippen LogP contribution in [0.25, 0.3) is 0 Å². The van der Waals surface area contributed by atoms with Crippen molar-refractivity contribution in [2.24, 2.45) is 5.92 Å². The first-order valence-corrected chi connectivity index (χ1v) is 10.8. The normalized spacial score (nSPS) is 19.1. The summed E-state index contributed by atoms with van der Waals surface area (Å²) >= 11 is 6.59. The fourth-order valence-electron chi connectivity index (χ4n) is 3.94. The third kappa shape index (κ3) is 5.50. The van der Waals surface area contributed by atoms with Gasteiger partial charge in [-0.15, -0.1) is 0 Å². The fourth-order valence-corrected chi connectivity index (χ4v) is 4.22. The van der Waals surface area contributed by atoms with Crippen molar-refractivity contribution in [1.82, 2.24) is 0 Å². The van der Waals surface area contributed by atoms with Crippen molar-refractivity contribution >= 4 is 40.6 Å². The summed E-state index contributed by atoms with van der Waals surface area (Å²) < 4.78 is 5.58. The Morgan fingerprint density at radius 3 is 2.45 bits per heavy atom. The highest BCUT2D eigenvalue weighted by Crippen LogP contribution is 2.40. The zero-order chi connectivity index (χ0) is 22.8. The molecule has 0 bridgehead atoms. The molecule has 1 fully saturated rings. The van der Waals surface area contributed by atoms with Gasteiger partial charge in [0, 0.05) is 12.6 Å². The zero-order valence-electron chi connectivity index (χ0n) is 18.3. The predicted octanol–water partition coefficient (Wildman–Crippen LogP) is 5.73. The van der Waals surface area contributed by atoms with Crippen LogP contribution in [0.15, 0.2) is 42.5 Å². The van der Waals surface area contributed by atoms with Gasteiger partial charge in [0.1, 0.15) is 5.60 Å². The maximum Gasteiger partial charge on any atom is 0.337 e. The molecule has 0 spiro atoms.